The molecule has 1 aliphatic heterocycles. The topological polar surface area (TPSA) is 46.8 Å². The third-order valence-electron chi connectivity index (χ3n) is 3.22. The van der Waals surface area contributed by atoms with E-state index in [2.05, 4.69) is 35.9 Å². The summed E-state index contributed by atoms with van der Waals surface area (Å²) in [5.41, 5.74) is 1.08. The molecule has 94 valence electrons. The van der Waals surface area contributed by atoms with Crippen molar-refractivity contribution in [2.75, 3.05) is 13.1 Å². The lowest BCUT2D eigenvalue weighted by Crippen LogP contribution is -2.21. The molecule has 5 nitrogen and oxygen atoms in total. The van der Waals surface area contributed by atoms with Crippen LogP contribution >= 0.6 is 15.9 Å². The minimum atomic E-state index is 0.470. The van der Waals surface area contributed by atoms with Gasteiger partial charge in [0, 0.05) is 32.0 Å². The Morgan fingerprint density at radius 2 is 2.39 bits per heavy atom. The van der Waals surface area contributed by atoms with E-state index < -0.39 is 0 Å². The van der Waals surface area contributed by atoms with E-state index in [9.17, 15) is 0 Å². The molecule has 0 radical (unpaired) electrons. The minimum absolute atomic E-state index is 0.470. The van der Waals surface area contributed by atoms with Crippen molar-refractivity contribution >= 4 is 15.9 Å². The Labute approximate surface area is 114 Å². The molecule has 3 rings (SSSR count). The second-order valence-corrected chi connectivity index (χ2v) is 5.43. The minimum Gasteiger partial charge on any atom is -0.295 e. The van der Waals surface area contributed by atoms with Crippen molar-refractivity contribution in [2.24, 2.45) is 0 Å². The third kappa shape index (κ3) is 2.59. The molecule has 0 aliphatic carbocycles. The van der Waals surface area contributed by atoms with Crippen molar-refractivity contribution in [3.63, 3.8) is 0 Å². The number of rotatable bonds is 3. The number of nitrogens with zero attached hydrogens (tertiary/aromatic N) is 5. The normalized spacial score (nSPS) is 20.4. The van der Waals surface area contributed by atoms with E-state index in [1.54, 1.807) is 12.5 Å². The summed E-state index contributed by atoms with van der Waals surface area (Å²) in [5.74, 6) is 0. The molecule has 2 aromatic heterocycles. The van der Waals surface area contributed by atoms with Gasteiger partial charge in [-0.25, -0.2) is 9.97 Å². The van der Waals surface area contributed by atoms with E-state index >= 15 is 0 Å². The molecule has 1 aliphatic rings. The Kier molecular flexibility index (Phi) is 3.38. The summed E-state index contributed by atoms with van der Waals surface area (Å²) in [6.07, 6.45) is 8.42. The Morgan fingerprint density at radius 3 is 3.11 bits per heavy atom. The third-order valence-corrected chi connectivity index (χ3v) is 3.63. The molecule has 3 heterocycles. The van der Waals surface area contributed by atoms with Crippen LogP contribution in [0.15, 0.2) is 35.5 Å². The Morgan fingerprint density at radius 1 is 1.44 bits per heavy atom. The molecule has 0 amide bonds. The Balaban J connectivity index is 1.62. The van der Waals surface area contributed by atoms with Crippen molar-refractivity contribution < 1.29 is 0 Å². The summed E-state index contributed by atoms with van der Waals surface area (Å²) in [5, 5.41) is 4.36. The predicted octanol–water partition coefficient (Wildman–Crippen LogP) is 1.88. The van der Waals surface area contributed by atoms with Gasteiger partial charge < -0.3 is 0 Å². The molecule has 0 spiro atoms. The summed E-state index contributed by atoms with van der Waals surface area (Å²) >= 11 is 3.43. The number of likely N-dealkylation sites (tertiary alicyclic amines) is 1. The number of aromatic nitrogens is 4. The SMILES string of the molecule is Brc1cnn(C2CCN(Cc3ccncn3)C2)c1. The largest absolute Gasteiger partial charge is 0.295 e. The smallest absolute Gasteiger partial charge is 0.115 e. The van der Waals surface area contributed by atoms with E-state index in [0.29, 0.717) is 6.04 Å². The fraction of sp³-hybridized carbons (Fsp3) is 0.417. The van der Waals surface area contributed by atoms with Gasteiger partial charge in [-0.05, 0) is 28.4 Å². The average Bonchev–Trinajstić information content (AvgIpc) is 2.99. The molecular weight excluding hydrogens is 294 g/mol. The molecule has 1 fully saturated rings. The zero-order chi connectivity index (χ0) is 12.4. The molecule has 2 aromatic rings. The van der Waals surface area contributed by atoms with Crippen LogP contribution in [0.2, 0.25) is 0 Å². The van der Waals surface area contributed by atoms with Gasteiger partial charge in [0.2, 0.25) is 0 Å². The van der Waals surface area contributed by atoms with Crippen LogP contribution in [0.5, 0.6) is 0 Å². The molecule has 18 heavy (non-hydrogen) atoms. The summed E-state index contributed by atoms with van der Waals surface area (Å²) in [7, 11) is 0. The summed E-state index contributed by atoms with van der Waals surface area (Å²) < 4.78 is 3.08. The highest BCUT2D eigenvalue weighted by molar-refractivity contribution is 9.10. The molecular formula is C12H14BrN5. The average molecular weight is 308 g/mol. The highest BCUT2D eigenvalue weighted by atomic mass is 79.9. The van der Waals surface area contributed by atoms with Crippen LogP contribution in [-0.4, -0.2) is 37.7 Å². The monoisotopic (exact) mass is 307 g/mol. The molecule has 0 bridgehead atoms. The maximum Gasteiger partial charge on any atom is 0.115 e. The first kappa shape index (κ1) is 11.8. The lowest BCUT2D eigenvalue weighted by molar-refractivity contribution is 0.308. The van der Waals surface area contributed by atoms with Crippen LogP contribution in [0.4, 0.5) is 0 Å². The second-order valence-electron chi connectivity index (χ2n) is 4.52. The quantitative estimate of drug-likeness (QED) is 0.868. The van der Waals surface area contributed by atoms with Crippen molar-refractivity contribution in [1.29, 1.82) is 0 Å². The fourth-order valence-electron chi connectivity index (χ4n) is 2.33. The first-order valence-electron chi connectivity index (χ1n) is 5.98. The van der Waals surface area contributed by atoms with E-state index in [4.69, 9.17) is 0 Å². The maximum atomic E-state index is 4.36. The van der Waals surface area contributed by atoms with Gasteiger partial charge in [0.15, 0.2) is 0 Å². The summed E-state index contributed by atoms with van der Waals surface area (Å²) in [6.45, 7) is 3.01. The van der Waals surface area contributed by atoms with Crippen molar-refractivity contribution in [3.8, 4) is 0 Å². The summed E-state index contributed by atoms with van der Waals surface area (Å²) in [4.78, 5) is 10.6. The van der Waals surface area contributed by atoms with Gasteiger partial charge in [0.05, 0.1) is 22.4 Å². The molecule has 1 atom stereocenters. The number of hydrogen-bond acceptors (Lipinski definition) is 4. The van der Waals surface area contributed by atoms with E-state index in [0.717, 1.165) is 36.2 Å². The molecule has 0 saturated carbocycles. The van der Waals surface area contributed by atoms with Crippen LogP contribution in [0.25, 0.3) is 0 Å². The van der Waals surface area contributed by atoms with Crippen LogP contribution in [0, 0.1) is 0 Å². The van der Waals surface area contributed by atoms with Gasteiger partial charge in [-0.1, -0.05) is 0 Å². The van der Waals surface area contributed by atoms with Gasteiger partial charge in [-0.15, -0.1) is 0 Å². The Hall–Kier alpha value is -1.27. The van der Waals surface area contributed by atoms with Crippen molar-refractivity contribution in [1.82, 2.24) is 24.6 Å². The molecule has 6 heteroatoms. The Bertz CT molecular complexity index is 512. The first-order valence-corrected chi connectivity index (χ1v) is 6.77. The predicted molar refractivity (Wildman–Crippen MR) is 70.9 cm³/mol. The van der Waals surface area contributed by atoms with E-state index in [1.807, 2.05) is 23.1 Å². The van der Waals surface area contributed by atoms with Crippen molar-refractivity contribution in [2.45, 2.75) is 19.0 Å². The highest BCUT2D eigenvalue weighted by Gasteiger charge is 2.24. The molecule has 0 N–H and O–H groups in total. The first-order chi connectivity index (χ1) is 8.81. The zero-order valence-electron chi connectivity index (χ0n) is 9.91. The lowest BCUT2D eigenvalue weighted by atomic mass is 10.3. The van der Waals surface area contributed by atoms with Gasteiger partial charge in [0.25, 0.3) is 0 Å². The van der Waals surface area contributed by atoms with Crippen LogP contribution in [0.1, 0.15) is 18.2 Å². The molecule has 1 saturated heterocycles. The van der Waals surface area contributed by atoms with E-state index in [1.165, 1.54) is 0 Å². The van der Waals surface area contributed by atoms with Gasteiger partial charge >= 0.3 is 0 Å². The van der Waals surface area contributed by atoms with Crippen molar-refractivity contribution in [3.05, 3.63) is 41.2 Å². The van der Waals surface area contributed by atoms with Crippen LogP contribution < -0.4 is 0 Å². The maximum absolute atomic E-state index is 4.36. The molecule has 1 unspecified atom stereocenters. The number of hydrogen-bond donors (Lipinski definition) is 0. The lowest BCUT2D eigenvalue weighted by Gasteiger charge is -2.15. The van der Waals surface area contributed by atoms with Gasteiger partial charge in [0.1, 0.15) is 6.33 Å². The van der Waals surface area contributed by atoms with Gasteiger partial charge in [-0.3, -0.25) is 9.58 Å². The van der Waals surface area contributed by atoms with Gasteiger partial charge in [-0.2, -0.15) is 5.10 Å². The summed E-state index contributed by atoms with van der Waals surface area (Å²) in [6, 6.07) is 2.44. The van der Waals surface area contributed by atoms with Crippen LogP contribution in [-0.2, 0) is 6.54 Å². The highest BCUT2D eigenvalue weighted by Crippen LogP contribution is 2.23. The van der Waals surface area contributed by atoms with E-state index in [-0.39, 0.29) is 0 Å². The second kappa shape index (κ2) is 5.16. The zero-order valence-corrected chi connectivity index (χ0v) is 11.5. The van der Waals surface area contributed by atoms with Crippen LogP contribution in [0.3, 0.4) is 0 Å². The standard InChI is InChI=1S/C12H14BrN5/c13-10-5-16-18(6-10)12-2-4-17(8-12)7-11-1-3-14-9-15-11/h1,3,5-6,9,12H,2,4,7-8H2. The molecule has 0 aromatic carbocycles. The fourth-order valence-corrected chi connectivity index (χ4v) is 2.63. The number of halogens is 1.